The van der Waals surface area contributed by atoms with Crippen LogP contribution < -0.4 is 5.32 Å². The molecule has 8 heteroatoms. The second-order valence-electron chi connectivity index (χ2n) is 4.21. The molecule has 0 aromatic carbocycles. The molecule has 0 spiro atoms. The van der Waals surface area contributed by atoms with Gasteiger partial charge in [-0.2, -0.15) is 0 Å². The fourth-order valence-corrected chi connectivity index (χ4v) is 1.58. The molecule has 1 aliphatic rings. The van der Waals surface area contributed by atoms with Crippen molar-refractivity contribution in [1.29, 1.82) is 0 Å². The molecule has 1 saturated heterocycles. The second-order valence-corrected chi connectivity index (χ2v) is 4.21. The van der Waals surface area contributed by atoms with E-state index in [2.05, 4.69) is 5.32 Å². The number of hydrogen-bond acceptors (Lipinski definition) is 4. The summed E-state index contributed by atoms with van der Waals surface area (Å²) in [6, 6.07) is -2.11. The summed E-state index contributed by atoms with van der Waals surface area (Å²) < 4.78 is 0. The monoisotopic (exact) mass is 259 g/mol. The molecule has 0 saturated carbocycles. The number of aliphatic hydroxyl groups is 1. The van der Waals surface area contributed by atoms with Crippen LogP contribution in [0.2, 0.25) is 0 Å². The van der Waals surface area contributed by atoms with Gasteiger partial charge in [-0.1, -0.05) is 0 Å². The molecule has 1 heterocycles. The molecule has 3 amide bonds. The van der Waals surface area contributed by atoms with Gasteiger partial charge in [-0.25, -0.2) is 9.59 Å². The molecule has 102 valence electrons. The highest BCUT2D eigenvalue weighted by Gasteiger charge is 2.37. The topological polar surface area (TPSA) is 110 Å². The van der Waals surface area contributed by atoms with Gasteiger partial charge in [0.2, 0.25) is 5.91 Å². The Morgan fingerprint density at radius 3 is 2.72 bits per heavy atom. The van der Waals surface area contributed by atoms with E-state index in [1.165, 1.54) is 11.9 Å². The van der Waals surface area contributed by atoms with E-state index in [1.54, 1.807) is 6.92 Å². The average molecular weight is 259 g/mol. The molecule has 0 aliphatic carbocycles. The van der Waals surface area contributed by atoms with Gasteiger partial charge in [-0.05, 0) is 6.92 Å². The number of rotatable bonds is 3. The summed E-state index contributed by atoms with van der Waals surface area (Å²) >= 11 is 0. The molecule has 1 aliphatic heterocycles. The second kappa shape index (κ2) is 5.67. The van der Waals surface area contributed by atoms with Gasteiger partial charge < -0.3 is 20.4 Å². The number of carboxylic acid groups (broad SMARTS) is 1. The maximum Gasteiger partial charge on any atom is 0.328 e. The van der Waals surface area contributed by atoms with Crippen molar-refractivity contribution in [3.05, 3.63) is 0 Å². The lowest BCUT2D eigenvalue weighted by molar-refractivity contribution is -0.144. The van der Waals surface area contributed by atoms with Gasteiger partial charge in [-0.15, -0.1) is 0 Å². The fraction of sp³-hybridized carbons (Fsp3) is 0.700. The first kappa shape index (κ1) is 14.2. The van der Waals surface area contributed by atoms with Crippen LogP contribution in [0.1, 0.15) is 6.92 Å². The largest absolute Gasteiger partial charge is 0.480 e. The Morgan fingerprint density at radius 2 is 2.22 bits per heavy atom. The predicted molar refractivity (Wildman–Crippen MR) is 60.8 cm³/mol. The Hall–Kier alpha value is -1.83. The number of urea groups is 1. The highest BCUT2D eigenvalue weighted by molar-refractivity contribution is 5.90. The van der Waals surface area contributed by atoms with Crippen molar-refractivity contribution in [2.45, 2.75) is 19.0 Å². The fourth-order valence-electron chi connectivity index (χ4n) is 1.58. The summed E-state index contributed by atoms with van der Waals surface area (Å²) in [7, 11) is 1.45. The quantitative estimate of drug-likeness (QED) is 0.560. The first-order chi connectivity index (χ1) is 8.38. The highest BCUT2D eigenvalue weighted by atomic mass is 16.4. The van der Waals surface area contributed by atoms with Gasteiger partial charge in [0.05, 0.1) is 12.6 Å². The van der Waals surface area contributed by atoms with Crippen LogP contribution in [0.3, 0.4) is 0 Å². The van der Waals surface area contributed by atoms with Crippen molar-refractivity contribution in [2.75, 3.05) is 26.7 Å². The summed E-state index contributed by atoms with van der Waals surface area (Å²) in [5, 5.41) is 20.4. The molecule has 18 heavy (non-hydrogen) atoms. The third-order valence-corrected chi connectivity index (χ3v) is 2.94. The van der Waals surface area contributed by atoms with Crippen LogP contribution in [0.4, 0.5) is 4.79 Å². The van der Waals surface area contributed by atoms with Gasteiger partial charge >= 0.3 is 12.0 Å². The lowest BCUT2D eigenvalue weighted by Gasteiger charge is -2.36. The number of carboxylic acids is 1. The van der Waals surface area contributed by atoms with Crippen LogP contribution in [-0.2, 0) is 9.59 Å². The van der Waals surface area contributed by atoms with Crippen molar-refractivity contribution >= 4 is 17.9 Å². The smallest absolute Gasteiger partial charge is 0.328 e. The minimum atomic E-state index is -1.17. The Balaban J connectivity index is 2.85. The zero-order valence-corrected chi connectivity index (χ0v) is 10.3. The maximum atomic E-state index is 12.1. The summed E-state index contributed by atoms with van der Waals surface area (Å²) in [5.41, 5.74) is 0. The molecule has 0 aromatic rings. The van der Waals surface area contributed by atoms with E-state index in [4.69, 9.17) is 10.2 Å². The number of carbonyl (C=O) groups is 3. The van der Waals surface area contributed by atoms with Gasteiger partial charge in [0.25, 0.3) is 0 Å². The summed E-state index contributed by atoms with van der Waals surface area (Å²) in [6.45, 7) is 0.983. The van der Waals surface area contributed by atoms with Crippen LogP contribution in [0.5, 0.6) is 0 Å². The minimum Gasteiger partial charge on any atom is -0.480 e. The lowest BCUT2D eigenvalue weighted by atomic mass is 10.2. The van der Waals surface area contributed by atoms with Crippen LogP contribution in [0.25, 0.3) is 0 Å². The van der Waals surface area contributed by atoms with Crippen molar-refractivity contribution in [1.82, 2.24) is 15.1 Å². The molecular weight excluding hydrogens is 242 g/mol. The van der Waals surface area contributed by atoms with Crippen molar-refractivity contribution in [2.24, 2.45) is 0 Å². The molecule has 1 fully saturated rings. The van der Waals surface area contributed by atoms with Crippen LogP contribution in [0.15, 0.2) is 0 Å². The summed E-state index contributed by atoms with van der Waals surface area (Å²) in [5.74, 6) is -1.57. The molecule has 0 aromatic heterocycles. The predicted octanol–water partition coefficient (Wildman–Crippen LogP) is -1.70. The Labute approximate surface area is 104 Å². The van der Waals surface area contributed by atoms with Gasteiger partial charge in [0.15, 0.2) is 0 Å². The number of aliphatic hydroxyl groups excluding tert-OH is 1. The van der Waals surface area contributed by atoms with E-state index >= 15 is 0 Å². The molecule has 1 rings (SSSR count). The average Bonchev–Trinajstić information content (AvgIpc) is 2.35. The number of carbonyl (C=O) groups excluding carboxylic acids is 2. The molecule has 3 N–H and O–H groups in total. The first-order valence-electron chi connectivity index (χ1n) is 5.52. The zero-order valence-electron chi connectivity index (χ0n) is 10.3. The molecule has 2 atom stereocenters. The van der Waals surface area contributed by atoms with Gasteiger partial charge in [-0.3, -0.25) is 9.69 Å². The van der Waals surface area contributed by atoms with Crippen molar-refractivity contribution in [3.63, 3.8) is 0 Å². The van der Waals surface area contributed by atoms with Crippen LogP contribution in [0, 0.1) is 0 Å². The molecular formula is C10H17N3O5. The summed E-state index contributed by atoms with van der Waals surface area (Å²) in [6.07, 6.45) is 0. The van der Waals surface area contributed by atoms with E-state index < -0.39 is 30.0 Å². The number of aliphatic carboxylic acids is 1. The molecule has 8 nitrogen and oxygen atoms in total. The third kappa shape index (κ3) is 2.89. The standard InChI is InChI=1S/C10H17N3O5/c1-6(5-14)12(2)10(18)13-4-8(15)11-3-7(13)9(16)17/h6-7,14H,3-5H2,1-2H3,(H,11,15)(H,16,17). The molecule has 2 unspecified atom stereocenters. The van der Waals surface area contributed by atoms with Crippen molar-refractivity contribution < 1.29 is 24.6 Å². The van der Waals surface area contributed by atoms with Gasteiger partial charge in [0.1, 0.15) is 12.6 Å². The Bertz CT molecular complexity index is 359. The van der Waals surface area contributed by atoms with Crippen LogP contribution >= 0.6 is 0 Å². The van der Waals surface area contributed by atoms with Crippen LogP contribution in [-0.4, -0.2) is 76.7 Å². The SMILES string of the molecule is CC(CO)N(C)C(=O)N1CC(=O)NCC1C(=O)O. The number of hydrogen-bond donors (Lipinski definition) is 3. The summed E-state index contributed by atoms with van der Waals surface area (Å²) in [4.78, 5) is 36.5. The number of piperazine rings is 1. The molecule has 0 radical (unpaired) electrons. The van der Waals surface area contributed by atoms with E-state index in [0.717, 1.165) is 4.90 Å². The number of nitrogens with zero attached hydrogens (tertiary/aromatic N) is 2. The molecule has 0 bridgehead atoms. The van der Waals surface area contributed by atoms with E-state index in [1.807, 2.05) is 0 Å². The number of likely N-dealkylation sites (N-methyl/N-ethyl adjacent to an activating group) is 1. The Morgan fingerprint density at radius 1 is 1.61 bits per heavy atom. The van der Waals surface area contributed by atoms with Crippen molar-refractivity contribution in [3.8, 4) is 0 Å². The van der Waals surface area contributed by atoms with Gasteiger partial charge in [0, 0.05) is 13.6 Å². The highest BCUT2D eigenvalue weighted by Crippen LogP contribution is 2.09. The normalized spacial score (nSPS) is 21.2. The van der Waals surface area contributed by atoms with E-state index in [0.29, 0.717) is 0 Å². The number of nitrogens with one attached hydrogen (secondary N) is 1. The van der Waals surface area contributed by atoms with E-state index in [-0.39, 0.29) is 19.7 Å². The zero-order chi connectivity index (χ0) is 13.9. The minimum absolute atomic E-state index is 0.110. The Kier molecular flexibility index (Phi) is 4.49. The maximum absolute atomic E-state index is 12.1. The number of amides is 3. The lowest BCUT2D eigenvalue weighted by Crippen LogP contribution is -2.62. The first-order valence-corrected chi connectivity index (χ1v) is 5.52. The van der Waals surface area contributed by atoms with E-state index in [9.17, 15) is 14.4 Å². The third-order valence-electron chi connectivity index (χ3n) is 2.94.